The second kappa shape index (κ2) is 12.5. The van der Waals surface area contributed by atoms with Gasteiger partial charge in [0.1, 0.15) is 18.1 Å². The van der Waals surface area contributed by atoms with Crippen LogP contribution in [0.3, 0.4) is 0 Å². The summed E-state index contributed by atoms with van der Waals surface area (Å²) in [6.07, 6.45) is 0.492. The molecule has 0 bridgehead atoms. The minimum atomic E-state index is -1.28. The number of aliphatic hydroxyl groups excluding tert-OH is 1. The Balaban J connectivity index is 2.09. The highest BCUT2D eigenvalue weighted by Crippen LogP contribution is 2.20. The van der Waals surface area contributed by atoms with Crippen molar-refractivity contribution >= 4 is 23.7 Å². The second-order valence-electron chi connectivity index (χ2n) is 8.92. The van der Waals surface area contributed by atoms with Gasteiger partial charge < -0.3 is 31.5 Å². The largest absolute Gasteiger partial charge is 0.480 e. The van der Waals surface area contributed by atoms with Crippen LogP contribution in [0.15, 0.2) is 30.3 Å². The van der Waals surface area contributed by atoms with Gasteiger partial charge in [-0.05, 0) is 37.7 Å². The first-order chi connectivity index (χ1) is 16.1. The number of likely N-dealkylation sites (tertiary alicyclic amines) is 1. The molecule has 6 N–H and O–H groups in total. The van der Waals surface area contributed by atoms with Gasteiger partial charge in [0.15, 0.2) is 0 Å². The first-order valence-electron chi connectivity index (χ1n) is 11.7. The minimum absolute atomic E-state index is 0.257. The molecule has 0 aromatic heterocycles. The van der Waals surface area contributed by atoms with E-state index >= 15 is 0 Å². The van der Waals surface area contributed by atoms with Crippen molar-refractivity contribution in [2.24, 2.45) is 11.7 Å². The van der Waals surface area contributed by atoms with Gasteiger partial charge in [0.25, 0.3) is 0 Å². The lowest BCUT2D eigenvalue weighted by atomic mass is 9.98. The fourth-order valence-electron chi connectivity index (χ4n) is 4.02. The number of rotatable bonds is 11. The molecular formula is C24H36N4O6. The van der Waals surface area contributed by atoms with Crippen LogP contribution >= 0.6 is 0 Å². The second-order valence-corrected chi connectivity index (χ2v) is 8.92. The van der Waals surface area contributed by atoms with Crippen LogP contribution in [-0.2, 0) is 25.6 Å². The summed E-state index contributed by atoms with van der Waals surface area (Å²) in [4.78, 5) is 51.7. The van der Waals surface area contributed by atoms with Crippen LogP contribution in [0.2, 0.25) is 0 Å². The van der Waals surface area contributed by atoms with Gasteiger partial charge in [-0.3, -0.25) is 14.4 Å². The highest BCUT2D eigenvalue weighted by atomic mass is 16.4. The molecule has 1 heterocycles. The molecule has 2 rings (SSSR count). The summed E-state index contributed by atoms with van der Waals surface area (Å²) in [5.74, 6) is -3.19. The molecule has 1 aromatic rings. The van der Waals surface area contributed by atoms with Crippen molar-refractivity contribution in [1.29, 1.82) is 0 Å². The molecule has 0 aliphatic carbocycles. The Labute approximate surface area is 199 Å². The van der Waals surface area contributed by atoms with Crippen molar-refractivity contribution in [3.05, 3.63) is 35.9 Å². The molecule has 1 aliphatic heterocycles. The molecule has 6 unspecified atom stereocenters. The summed E-state index contributed by atoms with van der Waals surface area (Å²) in [5.41, 5.74) is 6.87. The Bertz CT molecular complexity index is 862. The molecule has 1 aromatic carbocycles. The van der Waals surface area contributed by atoms with Gasteiger partial charge >= 0.3 is 5.97 Å². The third kappa shape index (κ3) is 7.01. The summed E-state index contributed by atoms with van der Waals surface area (Å²) < 4.78 is 0. The molecule has 1 aliphatic rings. The lowest BCUT2D eigenvalue weighted by Crippen LogP contribution is -2.60. The molecule has 0 saturated carbocycles. The van der Waals surface area contributed by atoms with E-state index < -0.39 is 54.0 Å². The first-order valence-corrected chi connectivity index (χ1v) is 11.7. The average molecular weight is 477 g/mol. The number of carboxylic acid groups (broad SMARTS) is 1. The number of benzene rings is 1. The minimum Gasteiger partial charge on any atom is -0.480 e. The Hall–Kier alpha value is -2.98. The van der Waals surface area contributed by atoms with Crippen LogP contribution in [-0.4, -0.2) is 75.6 Å². The monoisotopic (exact) mass is 476 g/mol. The number of nitrogens with one attached hydrogen (secondary N) is 2. The molecular weight excluding hydrogens is 440 g/mol. The zero-order chi connectivity index (χ0) is 25.4. The number of nitrogens with two attached hydrogens (primary N) is 1. The number of amides is 3. The quantitative estimate of drug-likeness (QED) is 0.301. The molecule has 3 amide bonds. The van der Waals surface area contributed by atoms with Crippen LogP contribution < -0.4 is 16.4 Å². The number of aliphatic carboxylic acids is 1. The predicted octanol–water partition coefficient (Wildman–Crippen LogP) is 0.0285. The Morgan fingerprint density at radius 1 is 1.12 bits per heavy atom. The normalized spacial score (nSPS) is 20.0. The van der Waals surface area contributed by atoms with Crippen LogP contribution in [0.4, 0.5) is 0 Å². The van der Waals surface area contributed by atoms with Crippen molar-refractivity contribution in [1.82, 2.24) is 15.5 Å². The lowest BCUT2D eigenvalue weighted by molar-refractivity contribution is -0.146. The van der Waals surface area contributed by atoms with Gasteiger partial charge in [0.2, 0.25) is 17.7 Å². The fourth-order valence-corrected chi connectivity index (χ4v) is 4.02. The van der Waals surface area contributed by atoms with E-state index in [1.165, 1.54) is 11.8 Å². The van der Waals surface area contributed by atoms with Gasteiger partial charge in [-0.2, -0.15) is 0 Å². The molecule has 34 heavy (non-hydrogen) atoms. The maximum atomic E-state index is 13.2. The number of hydrogen-bond acceptors (Lipinski definition) is 6. The van der Waals surface area contributed by atoms with Gasteiger partial charge in [0.05, 0.1) is 12.1 Å². The van der Waals surface area contributed by atoms with Crippen molar-refractivity contribution in [2.75, 3.05) is 6.54 Å². The average Bonchev–Trinajstić information content (AvgIpc) is 3.30. The van der Waals surface area contributed by atoms with Crippen LogP contribution in [0.25, 0.3) is 0 Å². The van der Waals surface area contributed by atoms with Crippen LogP contribution in [0.1, 0.15) is 45.6 Å². The smallest absolute Gasteiger partial charge is 0.326 e. The van der Waals surface area contributed by atoms with Gasteiger partial charge in [-0.15, -0.1) is 0 Å². The summed E-state index contributed by atoms with van der Waals surface area (Å²) in [6, 6.07) is 5.01. The molecule has 0 radical (unpaired) electrons. The maximum absolute atomic E-state index is 13.2. The lowest BCUT2D eigenvalue weighted by Gasteiger charge is -2.31. The molecule has 6 atom stereocenters. The van der Waals surface area contributed by atoms with Crippen molar-refractivity contribution in [2.45, 2.75) is 76.7 Å². The molecule has 10 nitrogen and oxygen atoms in total. The van der Waals surface area contributed by atoms with E-state index in [9.17, 15) is 29.4 Å². The van der Waals surface area contributed by atoms with E-state index in [0.717, 1.165) is 5.56 Å². The van der Waals surface area contributed by atoms with E-state index in [4.69, 9.17) is 5.73 Å². The highest BCUT2D eigenvalue weighted by Gasteiger charge is 2.40. The summed E-state index contributed by atoms with van der Waals surface area (Å²) in [7, 11) is 0. The topological polar surface area (TPSA) is 162 Å². The van der Waals surface area contributed by atoms with E-state index in [1.807, 2.05) is 37.3 Å². The molecule has 188 valence electrons. The Kier molecular flexibility index (Phi) is 10.0. The highest BCUT2D eigenvalue weighted by molar-refractivity contribution is 5.94. The third-order valence-electron chi connectivity index (χ3n) is 6.30. The molecule has 0 spiro atoms. The predicted molar refractivity (Wildman–Crippen MR) is 125 cm³/mol. The van der Waals surface area contributed by atoms with E-state index in [-0.39, 0.29) is 18.9 Å². The molecule has 1 saturated heterocycles. The fraction of sp³-hybridized carbons (Fsp3) is 0.583. The zero-order valence-corrected chi connectivity index (χ0v) is 19.9. The number of carbonyl (C=O) groups excluding carboxylic acids is 3. The van der Waals surface area contributed by atoms with Crippen LogP contribution in [0.5, 0.6) is 0 Å². The number of carboxylic acids is 1. The zero-order valence-electron chi connectivity index (χ0n) is 19.9. The molecule has 1 fully saturated rings. The van der Waals surface area contributed by atoms with Crippen molar-refractivity contribution < 1.29 is 29.4 Å². The standard InChI is InChI=1S/C24H36N4O6/c1-4-14(2)19(24(33)34)26-22(31)18-11-8-12-28(18)23(32)20(15(3)29)27-21(30)17(25)13-16-9-6-5-7-10-16/h5-7,9-10,14-15,17-20,29H,4,8,11-13,25H2,1-3H3,(H,26,31)(H,27,30)(H,33,34). The van der Waals surface area contributed by atoms with Crippen molar-refractivity contribution in [3.8, 4) is 0 Å². The number of aliphatic hydroxyl groups is 1. The SMILES string of the molecule is CCC(C)C(NC(=O)C1CCCN1C(=O)C(NC(=O)C(N)Cc1ccccc1)C(C)O)C(=O)O. The maximum Gasteiger partial charge on any atom is 0.326 e. The van der Waals surface area contributed by atoms with E-state index in [1.54, 1.807) is 6.92 Å². The third-order valence-corrected chi connectivity index (χ3v) is 6.30. The van der Waals surface area contributed by atoms with Crippen molar-refractivity contribution in [3.63, 3.8) is 0 Å². The van der Waals surface area contributed by atoms with Gasteiger partial charge in [-0.1, -0.05) is 50.6 Å². The first kappa shape index (κ1) is 27.3. The van der Waals surface area contributed by atoms with E-state index in [0.29, 0.717) is 19.3 Å². The van der Waals surface area contributed by atoms with Crippen LogP contribution in [0, 0.1) is 5.92 Å². The Morgan fingerprint density at radius 2 is 1.76 bits per heavy atom. The summed E-state index contributed by atoms with van der Waals surface area (Å²) in [5, 5.41) is 24.8. The summed E-state index contributed by atoms with van der Waals surface area (Å²) in [6.45, 7) is 5.19. The number of nitrogens with zero attached hydrogens (tertiary/aromatic N) is 1. The number of hydrogen-bond donors (Lipinski definition) is 5. The van der Waals surface area contributed by atoms with Gasteiger partial charge in [-0.25, -0.2) is 4.79 Å². The van der Waals surface area contributed by atoms with Gasteiger partial charge in [0, 0.05) is 6.54 Å². The summed E-state index contributed by atoms with van der Waals surface area (Å²) >= 11 is 0. The molecule has 10 heteroatoms. The Morgan fingerprint density at radius 3 is 2.32 bits per heavy atom. The van der Waals surface area contributed by atoms with E-state index in [2.05, 4.69) is 10.6 Å². The number of carbonyl (C=O) groups is 4.